The number of hydrogen-bond acceptors (Lipinski definition) is 3. The van der Waals surface area contributed by atoms with Crippen molar-refractivity contribution in [3.63, 3.8) is 0 Å². The average Bonchev–Trinajstić information content (AvgIpc) is 3.36. The first-order chi connectivity index (χ1) is 15.5. The van der Waals surface area contributed by atoms with Crippen LogP contribution >= 0.6 is 0 Å². The Bertz CT molecular complexity index is 1050. The van der Waals surface area contributed by atoms with E-state index in [1.165, 1.54) is 29.8 Å². The van der Waals surface area contributed by atoms with Gasteiger partial charge < -0.3 is 14.6 Å². The van der Waals surface area contributed by atoms with Crippen LogP contribution in [-0.4, -0.2) is 29.8 Å². The highest BCUT2D eigenvalue weighted by atomic mass is 19.1. The van der Waals surface area contributed by atoms with Crippen molar-refractivity contribution in [2.75, 3.05) is 13.1 Å². The van der Waals surface area contributed by atoms with Crippen LogP contribution in [0.2, 0.25) is 0 Å². The summed E-state index contributed by atoms with van der Waals surface area (Å²) in [6, 6.07) is 17.5. The molecule has 32 heavy (non-hydrogen) atoms. The molecule has 166 valence electrons. The molecule has 1 saturated heterocycles. The van der Waals surface area contributed by atoms with Crippen molar-refractivity contribution in [3.05, 3.63) is 95.2 Å². The predicted octanol–water partition coefficient (Wildman–Crippen LogP) is 4.54. The van der Waals surface area contributed by atoms with Gasteiger partial charge in [-0.05, 0) is 60.4 Å². The molecule has 2 amide bonds. The molecule has 1 N–H and O–H groups in total. The molecule has 0 spiro atoms. The molecule has 3 aromatic rings. The number of piperidine rings is 1. The first-order valence-electron chi connectivity index (χ1n) is 11.0. The summed E-state index contributed by atoms with van der Waals surface area (Å²) in [5.74, 6) is -0.307. The minimum absolute atomic E-state index is 0.0402. The molecule has 0 bridgehead atoms. The molecule has 4 rings (SSSR count). The van der Waals surface area contributed by atoms with E-state index in [1.54, 1.807) is 17.2 Å². The third-order valence-electron chi connectivity index (χ3n) is 6.08. The zero-order chi connectivity index (χ0) is 22.5. The van der Waals surface area contributed by atoms with Crippen LogP contribution in [-0.2, 0) is 17.8 Å². The Morgan fingerprint density at radius 2 is 1.81 bits per heavy atom. The summed E-state index contributed by atoms with van der Waals surface area (Å²) >= 11 is 0. The van der Waals surface area contributed by atoms with Crippen LogP contribution in [0.3, 0.4) is 0 Å². The molecule has 1 aliphatic heterocycles. The largest absolute Gasteiger partial charge is 0.467 e. The monoisotopic (exact) mass is 434 g/mol. The van der Waals surface area contributed by atoms with E-state index >= 15 is 0 Å². The van der Waals surface area contributed by atoms with Crippen LogP contribution < -0.4 is 5.32 Å². The van der Waals surface area contributed by atoms with Crippen molar-refractivity contribution in [1.29, 1.82) is 0 Å². The molecule has 5 nitrogen and oxygen atoms in total. The summed E-state index contributed by atoms with van der Waals surface area (Å²) in [5, 5.41) is 2.93. The van der Waals surface area contributed by atoms with Gasteiger partial charge in [0.2, 0.25) is 5.91 Å². The van der Waals surface area contributed by atoms with E-state index in [0.717, 1.165) is 12.0 Å². The molecule has 0 saturated carbocycles. The fraction of sp³-hybridized carbons (Fsp3) is 0.308. The van der Waals surface area contributed by atoms with Crippen molar-refractivity contribution < 1.29 is 18.4 Å². The Hall–Kier alpha value is -3.41. The van der Waals surface area contributed by atoms with Crippen LogP contribution in [0.1, 0.15) is 46.5 Å². The van der Waals surface area contributed by atoms with Crippen molar-refractivity contribution >= 4 is 11.8 Å². The van der Waals surface area contributed by atoms with Crippen molar-refractivity contribution in [3.8, 4) is 0 Å². The smallest absolute Gasteiger partial charge is 0.253 e. The number of carbonyl (C=O) groups is 2. The predicted molar refractivity (Wildman–Crippen MR) is 120 cm³/mol. The Morgan fingerprint density at radius 1 is 1.06 bits per heavy atom. The topological polar surface area (TPSA) is 62.6 Å². The van der Waals surface area contributed by atoms with Gasteiger partial charge in [0.05, 0.1) is 18.7 Å². The zero-order valence-corrected chi connectivity index (χ0v) is 18.1. The second-order valence-electron chi connectivity index (χ2n) is 8.24. The third-order valence-corrected chi connectivity index (χ3v) is 6.08. The number of hydrogen-bond donors (Lipinski definition) is 1. The number of halogens is 1. The maximum Gasteiger partial charge on any atom is 0.253 e. The minimum atomic E-state index is -0.385. The number of benzene rings is 2. The van der Waals surface area contributed by atoms with Gasteiger partial charge in [0, 0.05) is 24.6 Å². The first-order valence-corrected chi connectivity index (χ1v) is 11.0. The second-order valence-corrected chi connectivity index (χ2v) is 8.24. The molecule has 2 atom stereocenters. The molecule has 0 unspecified atom stereocenters. The molecular formula is C26H27FN2O3. The number of furan rings is 1. The molecule has 1 aliphatic rings. The van der Waals surface area contributed by atoms with Crippen LogP contribution in [0.5, 0.6) is 0 Å². The summed E-state index contributed by atoms with van der Waals surface area (Å²) in [6.07, 6.45) is 3.18. The lowest BCUT2D eigenvalue weighted by Gasteiger charge is -2.37. The number of likely N-dealkylation sites (tertiary alicyclic amines) is 1. The van der Waals surface area contributed by atoms with Gasteiger partial charge >= 0.3 is 0 Å². The highest BCUT2D eigenvalue weighted by Gasteiger charge is 2.35. The average molecular weight is 435 g/mol. The Balaban J connectivity index is 1.54. The van der Waals surface area contributed by atoms with Gasteiger partial charge in [-0.25, -0.2) is 4.39 Å². The first kappa shape index (κ1) is 21.8. The van der Waals surface area contributed by atoms with Gasteiger partial charge in [-0.1, -0.05) is 31.2 Å². The summed E-state index contributed by atoms with van der Waals surface area (Å²) in [4.78, 5) is 27.9. The van der Waals surface area contributed by atoms with Crippen molar-refractivity contribution in [2.24, 2.45) is 5.92 Å². The number of rotatable bonds is 6. The maximum absolute atomic E-state index is 13.3. The molecule has 0 aliphatic carbocycles. The highest BCUT2D eigenvalue weighted by molar-refractivity contribution is 5.94. The van der Waals surface area contributed by atoms with E-state index in [9.17, 15) is 14.0 Å². The lowest BCUT2D eigenvalue weighted by Crippen LogP contribution is -2.48. The Labute approximate surface area is 187 Å². The van der Waals surface area contributed by atoms with Gasteiger partial charge in [0.1, 0.15) is 11.6 Å². The molecule has 0 radical (unpaired) electrons. The Kier molecular flexibility index (Phi) is 6.69. The van der Waals surface area contributed by atoms with Gasteiger partial charge in [-0.2, -0.15) is 0 Å². The SMILES string of the molecule is CCc1ccc([C@H]2C[C@H](C(=O)NCc3ccco3)CN(C(=O)c3ccc(F)cc3)C2)cc1. The fourth-order valence-electron chi connectivity index (χ4n) is 4.23. The van der Waals surface area contributed by atoms with Gasteiger partial charge in [-0.15, -0.1) is 0 Å². The quantitative estimate of drug-likeness (QED) is 0.619. The van der Waals surface area contributed by atoms with Crippen LogP contribution in [0.4, 0.5) is 4.39 Å². The molecule has 1 fully saturated rings. The summed E-state index contributed by atoms with van der Waals surface area (Å²) in [7, 11) is 0. The Morgan fingerprint density at radius 3 is 2.47 bits per heavy atom. The standard InChI is InChI=1S/C26H27FN2O3/c1-2-18-5-7-19(8-6-18)21-14-22(25(30)28-15-24-4-3-13-32-24)17-29(16-21)26(31)20-9-11-23(27)12-10-20/h3-13,21-22H,2,14-17H2,1H3,(H,28,30)/t21-,22-/m0/s1. The lowest BCUT2D eigenvalue weighted by molar-refractivity contribution is -0.126. The molecular weight excluding hydrogens is 407 g/mol. The normalized spacial score (nSPS) is 18.4. The van der Waals surface area contributed by atoms with Gasteiger partial charge in [0.25, 0.3) is 5.91 Å². The van der Waals surface area contributed by atoms with E-state index in [-0.39, 0.29) is 29.5 Å². The summed E-state index contributed by atoms with van der Waals surface area (Å²) in [6.45, 7) is 3.26. The zero-order valence-electron chi connectivity index (χ0n) is 18.1. The van der Waals surface area contributed by atoms with Gasteiger partial charge in [-0.3, -0.25) is 9.59 Å². The van der Waals surface area contributed by atoms with E-state index in [1.807, 2.05) is 6.07 Å². The minimum Gasteiger partial charge on any atom is -0.467 e. The fourth-order valence-corrected chi connectivity index (χ4v) is 4.23. The van der Waals surface area contributed by atoms with Gasteiger partial charge in [0.15, 0.2) is 0 Å². The summed E-state index contributed by atoms with van der Waals surface area (Å²) < 4.78 is 18.6. The van der Waals surface area contributed by atoms with E-state index in [4.69, 9.17) is 4.42 Å². The number of amides is 2. The van der Waals surface area contributed by atoms with Crippen molar-refractivity contribution in [1.82, 2.24) is 10.2 Å². The molecule has 2 heterocycles. The van der Waals surface area contributed by atoms with E-state index < -0.39 is 0 Å². The van der Waals surface area contributed by atoms with Crippen LogP contribution in [0.25, 0.3) is 0 Å². The third kappa shape index (κ3) is 5.07. The number of nitrogens with zero attached hydrogens (tertiary/aromatic N) is 1. The van der Waals surface area contributed by atoms with Crippen LogP contribution in [0, 0.1) is 11.7 Å². The molecule has 2 aromatic carbocycles. The highest BCUT2D eigenvalue weighted by Crippen LogP contribution is 2.31. The van der Waals surface area contributed by atoms with Crippen molar-refractivity contribution in [2.45, 2.75) is 32.2 Å². The van der Waals surface area contributed by atoms with Crippen LogP contribution in [0.15, 0.2) is 71.3 Å². The number of aryl methyl sites for hydroxylation is 1. The summed E-state index contributed by atoms with van der Waals surface area (Å²) in [5.41, 5.74) is 2.78. The lowest BCUT2D eigenvalue weighted by atomic mass is 9.83. The van der Waals surface area contributed by atoms with E-state index in [0.29, 0.717) is 37.4 Å². The van der Waals surface area contributed by atoms with E-state index in [2.05, 4.69) is 36.5 Å². The number of carbonyl (C=O) groups excluding carboxylic acids is 2. The maximum atomic E-state index is 13.3. The number of nitrogens with one attached hydrogen (secondary N) is 1. The second kappa shape index (κ2) is 9.81. The molecule has 6 heteroatoms. The molecule has 1 aromatic heterocycles.